The lowest BCUT2D eigenvalue weighted by Crippen LogP contribution is -2.48. The van der Waals surface area contributed by atoms with E-state index in [0.717, 1.165) is 43.3 Å². The van der Waals surface area contributed by atoms with Crippen LogP contribution in [0.15, 0.2) is 41.1 Å². The van der Waals surface area contributed by atoms with Crippen LogP contribution in [0.1, 0.15) is 15.4 Å². The van der Waals surface area contributed by atoms with E-state index < -0.39 is 0 Å². The molecule has 1 fully saturated rings. The van der Waals surface area contributed by atoms with E-state index in [1.807, 2.05) is 28.5 Å². The van der Waals surface area contributed by atoms with Crippen molar-refractivity contribution in [1.29, 1.82) is 0 Å². The maximum Gasteiger partial charge on any atom is 0.273 e. The highest BCUT2D eigenvalue weighted by atomic mass is 32.1. The molecular formula is C21H23N3O3S2. The summed E-state index contributed by atoms with van der Waals surface area (Å²) in [5.74, 6) is 1.32. The van der Waals surface area contributed by atoms with Crippen molar-refractivity contribution in [3.63, 3.8) is 0 Å². The zero-order valence-corrected chi connectivity index (χ0v) is 18.1. The summed E-state index contributed by atoms with van der Waals surface area (Å²) in [5, 5.41) is 4.74. The molecule has 8 heteroatoms. The van der Waals surface area contributed by atoms with Gasteiger partial charge in [0.15, 0.2) is 11.5 Å². The fourth-order valence-corrected chi connectivity index (χ4v) is 4.90. The van der Waals surface area contributed by atoms with Gasteiger partial charge in [-0.3, -0.25) is 9.69 Å². The van der Waals surface area contributed by atoms with E-state index in [2.05, 4.69) is 27.4 Å². The maximum atomic E-state index is 12.9. The number of nitrogens with zero attached hydrogens (tertiary/aromatic N) is 3. The van der Waals surface area contributed by atoms with Crippen LogP contribution in [0.4, 0.5) is 0 Å². The third kappa shape index (κ3) is 4.44. The summed E-state index contributed by atoms with van der Waals surface area (Å²) in [5.41, 5.74) is 1.42. The van der Waals surface area contributed by atoms with E-state index >= 15 is 0 Å². The third-order valence-corrected chi connectivity index (χ3v) is 6.73. The summed E-state index contributed by atoms with van der Waals surface area (Å²) < 4.78 is 10.7. The third-order valence-electron chi connectivity index (χ3n) is 4.97. The number of carbonyl (C=O) groups is 1. The molecule has 29 heavy (non-hydrogen) atoms. The van der Waals surface area contributed by atoms with Crippen LogP contribution in [0.2, 0.25) is 0 Å². The van der Waals surface area contributed by atoms with Gasteiger partial charge in [-0.15, -0.1) is 22.7 Å². The average molecular weight is 430 g/mol. The van der Waals surface area contributed by atoms with Crippen LogP contribution >= 0.6 is 22.7 Å². The summed E-state index contributed by atoms with van der Waals surface area (Å²) in [4.78, 5) is 23.1. The van der Waals surface area contributed by atoms with Crippen LogP contribution < -0.4 is 9.47 Å². The Morgan fingerprint density at radius 1 is 1.07 bits per heavy atom. The predicted molar refractivity (Wildman–Crippen MR) is 116 cm³/mol. The number of amides is 1. The molecule has 2 aromatic heterocycles. The highest BCUT2D eigenvalue weighted by Crippen LogP contribution is 2.33. The van der Waals surface area contributed by atoms with Crippen molar-refractivity contribution in [2.75, 3.05) is 40.4 Å². The molecule has 1 saturated heterocycles. The first-order valence-corrected chi connectivity index (χ1v) is 11.2. The standard InChI is InChI=1S/C21H23N3O3S2/c1-26-18-6-5-15(12-19(18)27-2)20-22-17(14-29-20)21(25)24-9-7-23(8-10-24)13-16-4-3-11-28-16/h3-6,11-12,14H,7-10,13H2,1-2H3. The average Bonchev–Trinajstić information content (AvgIpc) is 3.45. The number of carbonyl (C=O) groups excluding carboxylic acids is 1. The van der Waals surface area contributed by atoms with Crippen molar-refractivity contribution in [1.82, 2.24) is 14.8 Å². The molecule has 0 aliphatic carbocycles. The van der Waals surface area contributed by atoms with Crippen LogP contribution in [-0.4, -0.2) is 61.1 Å². The van der Waals surface area contributed by atoms with Gasteiger partial charge in [0.25, 0.3) is 5.91 Å². The van der Waals surface area contributed by atoms with E-state index in [1.54, 1.807) is 25.6 Å². The number of rotatable bonds is 6. The molecule has 0 N–H and O–H groups in total. The molecule has 6 nitrogen and oxygen atoms in total. The van der Waals surface area contributed by atoms with Gasteiger partial charge in [0.1, 0.15) is 10.7 Å². The molecule has 1 aromatic carbocycles. The Balaban J connectivity index is 1.40. The fourth-order valence-electron chi connectivity index (χ4n) is 3.37. The molecule has 0 spiro atoms. The van der Waals surface area contributed by atoms with Gasteiger partial charge >= 0.3 is 0 Å². The molecule has 1 amide bonds. The van der Waals surface area contributed by atoms with Gasteiger partial charge in [0.2, 0.25) is 0 Å². The van der Waals surface area contributed by atoms with Crippen molar-refractivity contribution in [2.24, 2.45) is 0 Å². The van der Waals surface area contributed by atoms with E-state index in [1.165, 1.54) is 16.2 Å². The second-order valence-corrected chi connectivity index (χ2v) is 8.65. The van der Waals surface area contributed by atoms with Gasteiger partial charge in [-0.2, -0.15) is 0 Å². The lowest BCUT2D eigenvalue weighted by Gasteiger charge is -2.34. The normalized spacial score (nSPS) is 14.8. The smallest absolute Gasteiger partial charge is 0.273 e. The van der Waals surface area contributed by atoms with Crippen LogP contribution in [0, 0.1) is 0 Å². The van der Waals surface area contributed by atoms with Crippen molar-refractivity contribution in [2.45, 2.75) is 6.54 Å². The van der Waals surface area contributed by atoms with Crippen LogP contribution in [0.25, 0.3) is 10.6 Å². The minimum atomic E-state index is 0.00347. The van der Waals surface area contributed by atoms with Gasteiger partial charge in [0.05, 0.1) is 14.2 Å². The number of thiazole rings is 1. The van der Waals surface area contributed by atoms with Crippen molar-refractivity contribution in [3.8, 4) is 22.1 Å². The van der Waals surface area contributed by atoms with Crippen molar-refractivity contribution >= 4 is 28.6 Å². The van der Waals surface area contributed by atoms with Crippen LogP contribution in [0.3, 0.4) is 0 Å². The topological polar surface area (TPSA) is 54.9 Å². The summed E-state index contributed by atoms with van der Waals surface area (Å²) in [6, 6.07) is 9.90. The van der Waals surface area contributed by atoms with Crippen molar-refractivity contribution in [3.05, 3.63) is 51.7 Å². The molecule has 152 valence electrons. The molecule has 3 aromatic rings. The second-order valence-electron chi connectivity index (χ2n) is 6.76. The second kappa shape index (κ2) is 8.94. The number of aromatic nitrogens is 1. The Morgan fingerprint density at radius 2 is 1.86 bits per heavy atom. The van der Waals surface area contributed by atoms with Gasteiger partial charge in [-0.1, -0.05) is 6.07 Å². The summed E-state index contributed by atoms with van der Waals surface area (Å²) >= 11 is 3.25. The molecule has 1 aliphatic heterocycles. The van der Waals surface area contributed by atoms with Crippen molar-refractivity contribution < 1.29 is 14.3 Å². The maximum absolute atomic E-state index is 12.9. The molecule has 1 aliphatic rings. The SMILES string of the molecule is COc1ccc(-c2nc(C(=O)N3CCN(Cc4cccs4)CC3)cs2)cc1OC. The molecular weight excluding hydrogens is 406 g/mol. The van der Waals surface area contributed by atoms with Gasteiger partial charge in [0, 0.05) is 48.5 Å². The largest absolute Gasteiger partial charge is 0.493 e. The monoisotopic (exact) mass is 429 g/mol. The minimum absolute atomic E-state index is 0.00347. The van der Waals surface area contributed by atoms with E-state index in [4.69, 9.17) is 9.47 Å². The number of piperazine rings is 1. The molecule has 4 rings (SSSR count). The quantitative estimate of drug-likeness (QED) is 0.596. The molecule has 0 unspecified atom stereocenters. The lowest BCUT2D eigenvalue weighted by atomic mass is 10.2. The van der Waals surface area contributed by atoms with Crippen LogP contribution in [-0.2, 0) is 6.54 Å². The fraction of sp³-hybridized carbons (Fsp3) is 0.333. The molecule has 0 radical (unpaired) electrons. The first-order valence-electron chi connectivity index (χ1n) is 9.40. The van der Waals surface area contributed by atoms with Crippen LogP contribution in [0.5, 0.6) is 11.5 Å². The molecule has 0 atom stereocenters. The highest BCUT2D eigenvalue weighted by Gasteiger charge is 2.24. The number of hydrogen-bond acceptors (Lipinski definition) is 7. The number of hydrogen-bond donors (Lipinski definition) is 0. The van der Waals surface area contributed by atoms with Gasteiger partial charge in [-0.05, 0) is 29.6 Å². The highest BCUT2D eigenvalue weighted by molar-refractivity contribution is 7.13. The Hall–Kier alpha value is -2.42. The number of ether oxygens (including phenoxy) is 2. The number of thiophene rings is 1. The summed E-state index contributed by atoms with van der Waals surface area (Å²) in [7, 11) is 3.22. The van der Waals surface area contributed by atoms with E-state index in [0.29, 0.717) is 17.2 Å². The molecule has 0 bridgehead atoms. The summed E-state index contributed by atoms with van der Waals surface area (Å²) in [6.07, 6.45) is 0. The summed E-state index contributed by atoms with van der Waals surface area (Å²) in [6.45, 7) is 4.19. The first-order chi connectivity index (χ1) is 14.2. The Morgan fingerprint density at radius 3 is 2.55 bits per heavy atom. The van der Waals surface area contributed by atoms with E-state index in [9.17, 15) is 4.79 Å². The number of benzene rings is 1. The minimum Gasteiger partial charge on any atom is -0.493 e. The Labute approximate surface area is 178 Å². The first kappa shape index (κ1) is 19.9. The molecule has 3 heterocycles. The predicted octanol–water partition coefficient (Wildman–Crippen LogP) is 3.85. The lowest BCUT2D eigenvalue weighted by molar-refractivity contribution is 0.0625. The zero-order chi connectivity index (χ0) is 20.2. The van der Waals surface area contributed by atoms with Gasteiger partial charge < -0.3 is 14.4 Å². The van der Waals surface area contributed by atoms with Gasteiger partial charge in [-0.25, -0.2) is 4.98 Å². The van der Waals surface area contributed by atoms with E-state index in [-0.39, 0.29) is 5.91 Å². The number of methoxy groups -OCH3 is 2. The molecule has 0 saturated carbocycles. The Kier molecular flexibility index (Phi) is 6.13. The zero-order valence-electron chi connectivity index (χ0n) is 16.5. The Bertz CT molecular complexity index is 963.